The molecule has 0 saturated heterocycles. The number of nitrogens with zero attached hydrogens (tertiary/aromatic N) is 7. The van der Waals surface area contributed by atoms with Crippen molar-refractivity contribution < 1.29 is 26.3 Å². The maximum Gasteiger partial charge on any atom is 0.417 e. The first kappa shape index (κ1) is 58.5. The van der Waals surface area contributed by atoms with E-state index in [1.54, 1.807) is 33.9 Å². The summed E-state index contributed by atoms with van der Waals surface area (Å²) < 4.78 is 103. The van der Waals surface area contributed by atoms with Crippen molar-refractivity contribution in [1.82, 2.24) is 29.1 Å². The number of alkyl halides is 6. The molecule has 16 rings (SSSR count). The smallest absolute Gasteiger partial charge is 0.308 e. The fraction of sp³-hybridized carbons (Fsp3) is 0.0241. The van der Waals surface area contributed by atoms with Gasteiger partial charge in [0.05, 0.1) is 79.0 Å². The lowest BCUT2D eigenvalue weighted by atomic mass is 9.89. The third-order valence-electron chi connectivity index (χ3n) is 17.8. The predicted molar refractivity (Wildman–Crippen MR) is 370 cm³/mol. The first-order valence-corrected chi connectivity index (χ1v) is 30.9. The van der Waals surface area contributed by atoms with Gasteiger partial charge >= 0.3 is 12.4 Å². The largest absolute Gasteiger partial charge is 0.417 e. The number of hydrogen-bond donors (Lipinski definition) is 0. The van der Waals surface area contributed by atoms with E-state index in [1.807, 2.05) is 243 Å². The van der Waals surface area contributed by atoms with Gasteiger partial charge in [0.25, 0.3) is 0 Å². The molecule has 0 aliphatic carbocycles. The maximum atomic E-state index is 16.5. The molecule has 0 unspecified atom stereocenters. The molecule has 10 aromatic carbocycles. The third kappa shape index (κ3) is 10.6. The van der Waals surface area contributed by atoms with Crippen LogP contribution in [0, 0.1) is 11.3 Å². The van der Waals surface area contributed by atoms with Gasteiger partial charge in [-0.1, -0.05) is 176 Å². The molecular weight excluding hydrogens is 1210 g/mol. The summed E-state index contributed by atoms with van der Waals surface area (Å²) in [4.78, 5) is 18.8. The summed E-state index contributed by atoms with van der Waals surface area (Å²) in [5.74, 6) is 0. The zero-order valence-corrected chi connectivity index (χ0v) is 50.7. The van der Waals surface area contributed by atoms with Crippen molar-refractivity contribution in [3.8, 4) is 118 Å². The Balaban J connectivity index is 1.05. The van der Waals surface area contributed by atoms with Crippen molar-refractivity contribution in [3.63, 3.8) is 0 Å². The van der Waals surface area contributed by atoms with Crippen LogP contribution in [0.5, 0.6) is 0 Å². The first-order chi connectivity index (χ1) is 46.8. The zero-order chi connectivity index (χ0) is 65.2. The number of hydrogen-bond acceptors (Lipinski definition) is 5. The van der Waals surface area contributed by atoms with Crippen molar-refractivity contribution >= 4 is 43.6 Å². The van der Waals surface area contributed by atoms with Crippen LogP contribution in [0.1, 0.15) is 16.7 Å². The van der Waals surface area contributed by atoms with Gasteiger partial charge in [-0.05, 0) is 142 Å². The van der Waals surface area contributed by atoms with Gasteiger partial charge < -0.3 is 9.13 Å². The molecule has 0 bridgehead atoms. The minimum Gasteiger partial charge on any atom is -0.308 e. The molecule has 0 aliphatic rings. The van der Waals surface area contributed by atoms with E-state index in [0.717, 1.165) is 50.6 Å². The van der Waals surface area contributed by atoms with Gasteiger partial charge in [0, 0.05) is 79.7 Å². The standard InChI is InChI=1S/C83H49F6N7/c84-82(85,86)68-22-13-23-69(83(87,88)89)80(68)81-78(95-74-46-56(60-32-36-91-70(42-60)52-14-5-1-6-15-52)24-28-64(74)65-29-25-57(47-75(65)95)61-33-37-92-71(43-61)53-16-7-2-8-17-53)40-51(50-90)41-79(81)96-76-48-58(62-34-38-93-72(44-62)54-18-9-3-10-19-54)26-30-66(76)67-31-27-59(49-77(67)96)63-35-39-94-73(45-63)55-20-11-4-12-21-55/h1-49H. The van der Waals surface area contributed by atoms with Crippen LogP contribution in [0.4, 0.5) is 26.3 Å². The van der Waals surface area contributed by atoms with Crippen molar-refractivity contribution in [2.75, 3.05) is 0 Å². The van der Waals surface area contributed by atoms with Crippen LogP contribution in [0.15, 0.2) is 298 Å². The number of rotatable bonds is 11. The summed E-state index contributed by atoms with van der Waals surface area (Å²) >= 11 is 0. The Kier molecular flexibility index (Phi) is 14.4. The van der Waals surface area contributed by atoms with E-state index < -0.39 is 34.6 Å². The molecule has 96 heavy (non-hydrogen) atoms. The monoisotopic (exact) mass is 1260 g/mol. The highest BCUT2D eigenvalue weighted by molar-refractivity contribution is 6.14. The Labute approximate surface area is 546 Å². The molecule has 0 saturated carbocycles. The van der Waals surface area contributed by atoms with Crippen LogP contribution in [0.3, 0.4) is 0 Å². The van der Waals surface area contributed by atoms with Gasteiger partial charge in [0.15, 0.2) is 0 Å². The summed E-state index contributed by atoms with van der Waals surface area (Å²) in [5, 5.41) is 14.1. The number of benzene rings is 10. The lowest BCUT2D eigenvalue weighted by Gasteiger charge is -2.26. The van der Waals surface area contributed by atoms with Crippen molar-refractivity contribution in [3.05, 3.63) is 314 Å². The number of nitriles is 1. The van der Waals surface area contributed by atoms with Crippen LogP contribution in [0.2, 0.25) is 0 Å². The molecule has 0 atom stereocenters. The number of fused-ring (bicyclic) bond motifs is 6. The van der Waals surface area contributed by atoms with E-state index in [2.05, 4.69) is 6.07 Å². The van der Waals surface area contributed by atoms with Crippen molar-refractivity contribution in [2.24, 2.45) is 0 Å². The Morgan fingerprint density at radius 3 is 0.802 bits per heavy atom. The average Bonchev–Trinajstić information content (AvgIpc) is 1.52. The van der Waals surface area contributed by atoms with Crippen molar-refractivity contribution in [2.45, 2.75) is 12.4 Å². The fourth-order valence-electron chi connectivity index (χ4n) is 13.4. The molecule has 6 heterocycles. The van der Waals surface area contributed by atoms with E-state index in [0.29, 0.717) is 101 Å². The molecule has 7 nitrogen and oxygen atoms in total. The van der Waals surface area contributed by atoms with Crippen LogP contribution in [-0.2, 0) is 12.4 Å². The predicted octanol–water partition coefficient (Wildman–Crippen LogP) is 22.4. The summed E-state index contributed by atoms with van der Waals surface area (Å²) in [6.45, 7) is 0. The Morgan fingerprint density at radius 1 is 0.271 bits per heavy atom. The second-order valence-corrected chi connectivity index (χ2v) is 23.5. The number of halogens is 6. The van der Waals surface area contributed by atoms with Crippen LogP contribution in [-0.4, -0.2) is 29.1 Å². The molecule has 0 spiro atoms. The average molecular weight is 1260 g/mol. The summed E-state index contributed by atoms with van der Waals surface area (Å²) in [7, 11) is 0. The summed E-state index contributed by atoms with van der Waals surface area (Å²) in [6.07, 6.45) is -3.91. The van der Waals surface area contributed by atoms with E-state index in [-0.39, 0.29) is 16.9 Å². The Bertz CT molecular complexity index is 5140. The highest BCUT2D eigenvalue weighted by Crippen LogP contribution is 2.52. The second kappa shape index (κ2) is 23.5. The normalized spacial score (nSPS) is 11.8. The second-order valence-electron chi connectivity index (χ2n) is 23.5. The SMILES string of the molecule is N#Cc1cc(-n2c3cc(-c4ccnc(-c5ccccc5)c4)ccc3c3ccc(-c4ccnc(-c5ccccc5)c4)cc32)c(-c2c(C(F)(F)F)cccc2C(F)(F)F)c(-n2c3cc(-c4ccnc(-c5ccccc5)c4)ccc3c3ccc(-c4ccnc(-c5ccccc5)c4)cc32)c1. The van der Waals surface area contributed by atoms with Gasteiger partial charge in [0.1, 0.15) is 0 Å². The molecule has 6 aromatic heterocycles. The molecule has 0 N–H and O–H groups in total. The minimum atomic E-state index is -5.35. The molecule has 0 aliphatic heterocycles. The summed E-state index contributed by atoms with van der Waals surface area (Å²) in [6, 6.07) is 84.2. The van der Waals surface area contributed by atoms with E-state index in [4.69, 9.17) is 19.9 Å². The van der Waals surface area contributed by atoms with Gasteiger partial charge in [-0.15, -0.1) is 0 Å². The number of aromatic nitrogens is 6. The molecule has 0 fully saturated rings. The zero-order valence-electron chi connectivity index (χ0n) is 50.7. The first-order valence-electron chi connectivity index (χ1n) is 30.9. The highest BCUT2D eigenvalue weighted by atomic mass is 19.4. The van der Waals surface area contributed by atoms with Crippen LogP contribution < -0.4 is 0 Å². The van der Waals surface area contributed by atoms with Crippen molar-refractivity contribution in [1.29, 1.82) is 5.26 Å². The van der Waals surface area contributed by atoms with Gasteiger partial charge in [-0.25, -0.2) is 0 Å². The van der Waals surface area contributed by atoms with E-state index in [1.165, 1.54) is 12.1 Å². The molecular formula is C83H49F6N7. The van der Waals surface area contributed by atoms with Gasteiger partial charge in [-0.3, -0.25) is 19.9 Å². The number of pyridine rings is 4. The van der Waals surface area contributed by atoms with Crippen LogP contribution >= 0.6 is 0 Å². The lowest BCUT2D eigenvalue weighted by Crippen LogP contribution is -2.16. The van der Waals surface area contributed by atoms with Gasteiger partial charge in [0.2, 0.25) is 0 Å². The Hall–Kier alpha value is -12.5. The van der Waals surface area contributed by atoms with E-state index >= 15 is 26.3 Å². The molecule has 16 aromatic rings. The van der Waals surface area contributed by atoms with E-state index in [9.17, 15) is 5.26 Å². The molecule has 0 amide bonds. The molecule has 458 valence electrons. The highest BCUT2D eigenvalue weighted by Gasteiger charge is 2.43. The lowest BCUT2D eigenvalue weighted by molar-refractivity contribution is -0.142. The fourth-order valence-corrected chi connectivity index (χ4v) is 13.4. The minimum absolute atomic E-state index is 0.0436. The summed E-state index contributed by atoms with van der Waals surface area (Å²) in [5.41, 5.74) is 8.71. The van der Waals surface area contributed by atoms with Crippen LogP contribution in [0.25, 0.3) is 156 Å². The molecule has 13 heteroatoms. The Morgan fingerprint density at radius 2 is 0.542 bits per heavy atom. The quantitative estimate of drug-likeness (QED) is 0.120. The maximum absolute atomic E-state index is 16.5. The molecule has 0 radical (unpaired) electrons. The topological polar surface area (TPSA) is 85.2 Å². The third-order valence-corrected chi connectivity index (χ3v) is 17.8. The van der Waals surface area contributed by atoms with Gasteiger partial charge in [-0.2, -0.15) is 31.6 Å².